The molecule has 5 nitrogen and oxygen atoms in total. The van der Waals surface area contributed by atoms with E-state index in [-0.39, 0.29) is 35.8 Å². The first-order valence-corrected chi connectivity index (χ1v) is 9.90. The Kier molecular flexibility index (Phi) is 7.30. The second kappa shape index (κ2) is 10.1. The van der Waals surface area contributed by atoms with Crippen LogP contribution in [-0.4, -0.2) is 21.8 Å². The van der Waals surface area contributed by atoms with Crippen molar-refractivity contribution < 1.29 is 18.0 Å². The van der Waals surface area contributed by atoms with Crippen molar-refractivity contribution >= 4 is 5.91 Å². The van der Waals surface area contributed by atoms with E-state index in [4.69, 9.17) is 4.42 Å². The summed E-state index contributed by atoms with van der Waals surface area (Å²) in [5, 5.41) is 2.84. The third-order valence-corrected chi connectivity index (χ3v) is 4.80. The molecule has 1 heterocycles. The van der Waals surface area contributed by atoms with Crippen molar-refractivity contribution in [2.45, 2.75) is 45.9 Å². The van der Waals surface area contributed by atoms with E-state index in [0.29, 0.717) is 24.5 Å². The van der Waals surface area contributed by atoms with Gasteiger partial charge in [0.05, 0.1) is 6.54 Å². The summed E-state index contributed by atoms with van der Waals surface area (Å²) in [7, 11) is 0. The molecule has 1 atom stereocenters. The topological polar surface area (TPSA) is 58.4 Å². The van der Waals surface area contributed by atoms with Gasteiger partial charge in [-0.15, -0.1) is 0 Å². The maximum absolute atomic E-state index is 14.2. The van der Waals surface area contributed by atoms with Crippen LogP contribution in [0.4, 0.5) is 8.78 Å². The molecule has 7 heteroatoms. The van der Waals surface area contributed by atoms with Gasteiger partial charge < -0.3 is 9.73 Å². The lowest BCUT2D eigenvalue weighted by atomic mass is 10.1. The van der Waals surface area contributed by atoms with Crippen LogP contribution in [0.25, 0.3) is 0 Å². The smallest absolute Gasteiger partial charge is 0.273 e. The van der Waals surface area contributed by atoms with Crippen LogP contribution in [0.2, 0.25) is 0 Å². The van der Waals surface area contributed by atoms with E-state index in [2.05, 4.69) is 10.3 Å². The lowest BCUT2D eigenvalue weighted by Crippen LogP contribution is -2.32. The standard InChI is InChI=1S/C23H25F2N3O2/c1-3-16(2)26-23(29)21-15-30-22(27-21)14-28(12-17-8-10-19(24)11-9-17)13-18-6-4-5-7-20(18)25/h4-11,15-16H,3,12-14H2,1-2H3,(H,26,29). The Labute approximate surface area is 174 Å². The summed E-state index contributed by atoms with van der Waals surface area (Å²) in [6.45, 7) is 4.90. The number of hydrogen-bond acceptors (Lipinski definition) is 4. The molecule has 0 saturated heterocycles. The Morgan fingerprint density at radius 3 is 2.53 bits per heavy atom. The highest BCUT2D eigenvalue weighted by Crippen LogP contribution is 2.17. The van der Waals surface area contributed by atoms with Crippen molar-refractivity contribution in [1.29, 1.82) is 0 Å². The lowest BCUT2D eigenvalue weighted by molar-refractivity contribution is 0.0934. The van der Waals surface area contributed by atoms with Gasteiger partial charge >= 0.3 is 0 Å². The summed E-state index contributed by atoms with van der Waals surface area (Å²) in [5.41, 5.74) is 1.60. The maximum atomic E-state index is 14.2. The first-order valence-electron chi connectivity index (χ1n) is 9.90. The summed E-state index contributed by atoms with van der Waals surface area (Å²) in [4.78, 5) is 18.4. The fourth-order valence-electron chi connectivity index (χ4n) is 2.96. The molecule has 1 unspecified atom stereocenters. The third kappa shape index (κ3) is 5.97. The fraction of sp³-hybridized carbons (Fsp3) is 0.304. The van der Waals surface area contributed by atoms with Gasteiger partial charge in [-0.25, -0.2) is 13.8 Å². The molecule has 0 radical (unpaired) electrons. The van der Waals surface area contributed by atoms with E-state index in [1.165, 1.54) is 24.5 Å². The lowest BCUT2D eigenvalue weighted by Gasteiger charge is -2.21. The zero-order valence-electron chi connectivity index (χ0n) is 17.1. The zero-order chi connectivity index (χ0) is 21.5. The van der Waals surface area contributed by atoms with Crippen molar-refractivity contribution in [3.8, 4) is 0 Å². The predicted molar refractivity (Wildman–Crippen MR) is 109 cm³/mol. The molecule has 1 amide bonds. The number of halogens is 2. The molecule has 0 spiro atoms. The number of carbonyl (C=O) groups is 1. The zero-order valence-corrected chi connectivity index (χ0v) is 17.1. The van der Waals surface area contributed by atoms with Crippen molar-refractivity contribution in [3.63, 3.8) is 0 Å². The van der Waals surface area contributed by atoms with Crippen LogP contribution in [0.5, 0.6) is 0 Å². The number of aromatic nitrogens is 1. The molecule has 3 rings (SSSR count). The van der Waals surface area contributed by atoms with Crippen LogP contribution in [-0.2, 0) is 19.6 Å². The Morgan fingerprint density at radius 1 is 1.10 bits per heavy atom. The molecule has 0 fully saturated rings. The Hall–Kier alpha value is -3.06. The number of rotatable bonds is 9. The van der Waals surface area contributed by atoms with Crippen LogP contribution in [0, 0.1) is 11.6 Å². The quantitative estimate of drug-likeness (QED) is 0.553. The molecule has 0 aliphatic rings. The van der Waals surface area contributed by atoms with E-state index >= 15 is 0 Å². The molecule has 30 heavy (non-hydrogen) atoms. The van der Waals surface area contributed by atoms with Crippen LogP contribution in [0.1, 0.15) is 47.8 Å². The molecule has 3 aromatic rings. The van der Waals surface area contributed by atoms with Gasteiger partial charge in [-0.2, -0.15) is 0 Å². The third-order valence-electron chi connectivity index (χ3n) is 4.80. The number of benzene rings is 2. The summed E-state index contributed by atoms with van der Waals surface area (Å²) < 4.78 is 32.9. The Bertz CT molecular complexity index is 973. The normalized spacial score (nSPS) is 12.2. The molecule has 1 N–H and O–H groups in total. The van der Waals surface area contributed by atoms with Gasteiger partial charge in [0.25, 0.3) is 5.91 Å². The summed E-state index contributed by atoms with van der Waals surface area (Å²) in [5.74, 6) is -0.562. The van der Waals surface area contributed by atoms with E-state index in [1.807, 2.05) is 18.7 Å². The van der Waals surface area contributed by atoms with Crippen LogP contribution >= 0.6 is 0 Å². The maximum Gasteiger partial charge on any atom is 0.273 e. The molecule has 0 bridgehead atoms. The second-order valence-electron chi connectivity index (χ2n) is 7.27. The van der Waals surface area contributed by atoms with Gasteiger partial charge in [0.2, 0.25) is 5.89 Å². The van der Waals surface area contributed by atoms with E-state index in [1.54, 1.807) is 30.3 Å². The van der Waals surface area contributed by atoms with Gasteiger partial charge in [0.15, 0.2) is 5.69 Å². The van der Waals surface area contributed by atoms with Crippen molar-refractivity contribution in [3.05, 3.63) is 89.1 Å². The minimum Gasteiger partial charge on any atom is -0.447 e. The number of nitrogens with one attached hydrogen (secondary N) is 1. The van der Waals surface area contributed by atoms with E-state index in [0.717, 1.165) is 12.0 Å². The number of amides is 1. The molecule has 0 aliphatic heterocycles. The van der Waals surface area contributed by atoms with Gasteiger partial charge in [-0.05, 0) is 37.1 Å². The number of oxazole rings is 1. The van der Waals surface area contributed by atoms with Gasteiger partial charge in [-0.3, -0.25) is 9.69 Å². The predicted octanol–water partition coefficient (Wildman–Crippen LogP) is 4.68. The Balaban J connectivity index is 1.75. The summed E-state index contributed by atoms with van der Waals surface area (Å²) in [6.07, 6.45) is 2.14. The molecule has 0 aliphatic carbocycles. The fourth-order valence-corrected chi connectivity index (χ4v) is 2.96. The van der Waals surface area contributed by atoms with Crippen LogP contribution in [0.15, 0.2) is 59.2 Å². The minimum absolute atomic E-state index is 0.0358. The molecule has 0 saturated carbocycles. The molecule has 158 valence electrons. The number of carbonyl (C=O) groups excluding carboxylic acids is 1. The SMILES string of the molecule is CCC(C)NC(=O)c1coc(CN(Cc2ccc(F)cc2)Cc2ccccc2F)n1. The average molecular weight is 413 g/mol. The first-order chi connectivity index (χ1) is 14.4. The minimum atomic E-state index is -0.316. The summed E-state index contributed by atoms with van der Waals surface area (Å²) in [6, 6.07) is 12.7. The van der Waals surface area contributed by atoms with E-state index < -0.39 is 0 Å². The van der Waals surface area contributed by atoms with Gasteiger partial charge in [0.1, 0.15) is 17.9 Å². The monoisotopic (exact) mass is 413 g/mol. The summed E-state index contributed by atoms with van der Waals surface area (Å²) >= 11 is 0. The van der Waals surface area contributed by atoms with Crippen molar-refractivity contribution in [1.82, 2.24) is 15.2 Å². The number of hydrogen-bond donors (Lipinski definition) is 1. The van der Waals surface area contributed by atoms with E-state index in [9.17, 15) is 13.6 Å². The second-order valence-corrected chi connectivity index (χ2v) is 7.27. The average Bonchev–Trinajstić information content (AvgIpc) is 3.20. The van der Waals surface area contributed by atoms with Crippen molar-refractivity contribution in [2.75, 3.05) is 0 Å². The molecule has 2 aromatic carbocycles. The van der Waals surface area contributed by atoms with Crippen LogP contribution in [0.3, 0.4) is 0 Å². The highest BCUT2D eigenvalue weighted by atomic mass is 19.1. The van der Waals surface area contributed by atoms with Crippen LogP contribution < -0.4 is 5.32 Å². The Morgan fingerprint density at radius 2 is 1.83 bits per heavy atom. The van der Waals surface area contributed by atoms with Crippen molar-refractivity contribution in [2.24, 2.45) is 0 Å². The number of nitrogens with zero attached hydrogens (tertiary/aromatic N) is 2. The highest BCUT2D eigenvalue weighted by molar-refractivity contribution is 5.92. The van der Waals surface area contributed by atoms with Gasteiger partial charge in [0, 0.05) is 24.7 Å². The molecular formula is C23H25F2N3O2. The van der Waals surface area contributed by atoms with Gasteiger partial charge in [-0.1, -0.05) is 37.3 Å². The molecular weight excluding hydrogens is 388 g/mol. The largest absolute Gasteiger partial charge is 0.447 e. The molecule has 1 aromatic heterocycles. The first kappa shape index (κ1) is 21.6. The highest BCUT2D eigenvalue weighted by Gasteiger charge is 2.17.